The predicted molar refractivity (Wildman–Crippen MR) is 101 cm³/mol. The van der Waals surface area contributed by atoms with Gasteiger partial charge in [0, 0.05) is 52.4 Å². The van der Waals surface area contributed by atoms with Crippen molar-refractivity contribution < 1.29 is 9.53 Å². The topological polar surface area (TPSA) is 32.8 Å². The summed E-state index contributed by atoms with van der Waals surface area (Å²) in [5, 5.41) is 0. The minimum absolute atomic E-state index is 0.285. The summed E-state index contributed by atoms with van der Waals surface area (Å²) < 4.78 is 5.50. The number of rotatable bonds is 5. The number of piperazine rings is 1. The van der Waals surface area contributed by atoms with E-state index in [0.29, 0.717) is 17.7 Å². The first-order valence-electron chi connectivity index (χ1n) is 9.69. The van der Waals surface area contributed by atoms with Crippen LogP contribution in [0.1, 0.15) is 44.6 Å². The van der Waals surface area contributed by atoms with E-state index in [1.807, 2.05) is 18.2 Å². The van der Waals surface area contributed by atoms with Gasteiger partial charge in [0.15, 0.2) is 0 Å². The lowest BCUT2D eigenvalue weighted by Crippen LogP contribution is -2.51. The molecule has 1 amide bonds. The second kappa shape index (κ2) is 8.33. The van der Waals surface area contributed by atoms with Gasteiger partial charge in [-0.1, -0.05) is 44.2 Å². The highest BCUT2D eigenvalue weighted by Gasteiger charge is 2.31. The minimum atomic E-state index is 0.285. The summed E-state index contributed by atoms with van der Waals surface area (Å²) in [6, 6.07) is 10.4. The Balaban J connectivity index is 1.44. The van der Waals surface area contributed by atoms with Gasteiger partial charge in [-0.15, -0.1) is 0 Å². The number of hydrogen-bond acceptors (Lipinski definition) is 3. The van der Waals surface area contributed by atoms with Crippen LogP contribution in [0.2, 0.25) is 0 Å². The van der Waals surface area contributed by atoms with Crippen LogP contribution in [0.15, 0.2) is 30.3 Å². The van der Waals surface area contributed by atoms with Crippen LogP contribution in [-0.4, -0.2) is 61.6 Å². The molecule has 0 radical (unpaired) electrons. The van der Waals surface area contributed by atoms with Crippen LogP contribution in [0.25, 0.3) is 0 Å². The molecule has 2 fully saturated rings. The second-order valence-electron chi connectivity index (χ2n) is 8.10. The third kappa shape index (κ3) is 5.05. The maximum Gasteiger partial charge on any atom is 0.223 e. The Morgan fingerprint density at radius 3 is 2.40 bits per heavy atom. The van der Waals surface area contributed by atoms with Gasteiger partial charge in [0.25, 0.3) is 0 Å². The fourth-order valence-corrected chi connectivity index (χ4v) is 4.01. The first-order chi connectivity index (χ1) is 12.1. The summed E-state index contributed by atoms with van der Waals surface area (Å²) in [4.78, 5) is 17.2. The van der Waals surface area contributed by atoms with Crippen molar-refractivity contribution in [2.75, 3.05) is 45.9 Å². The zero-order chi connectivity index (χ0) is 17.7. The molecule has 3 rings (SSSR count). The van der Waals surface area contributed by atoms with Crippen molar-refractivity contribution in [3.05, 3.63) is 35.9 Å². The first-order valence-corrected chi connectivity index (χ1v) is 9.69. The Kier molecular flexibility index (Phi) is 6.13. The van der Waals surface area contributed by atoms with Gasteiger partial charge >= 0.3 is 0 Å². The molecule has 0 spiro atoms. The molecular formula is C21H32N2O2. The third-order valence-electron chi connectivity index (χ3n) is 5.88. The Bertz CT molecular complexity index is 546. The van der Waals surface area contributed by atoms with Gasteiger partial charge < -0.3 is 9.64 Å². The van der Waals surface area contributed by atoms with Gasteiger partial charge in [0.05, 0.1) is 0 Å². The molecule has 0 bridgehead atoms. The molecular weight excluding hydrogens is 312 g/mol. The summed E-state index contributed by atoms with van der Waals surface area (Å²) >= 11 is 0. The molecule has 0 N–H and O–H groups in total. The highest BCUT2D eigenvalue weighted by atomic mass is 16.5. The van der Waals surface area contributed by atoms with Crippen molar-refractivity contribution in [1.29, 1.82) is 0 Å². The quantitative estimate of drug-likeness (QED) is 0.823. The van der Waals surface area contributed by atoms with Crippen molar-refractivity contribution in [2.45, 2.75) is 39.0 Å². The van der Waals surface area contributed by atoms with Crippen molar-refractivity contribution >= 4 is 5.91 Å². The van der Waals surface area contributed by atoms with Crippen LogP contribution in [-0.2, 0) is 9.53 Å². The molecule has 25 heavy (non-hydrogen) atoms. The maximum absolute atomic E-state index is 12.6. The number of nitrogens with zero attached hydrogens (tertiary/aromatic N) is 2. The average Bonchev–Trinajstić information content (AvgIpc) is 2.63. The van der Waals surface area contributed by atoms with Gasteiger partial charge in [-0.05, 0) is 29.7 Å². The molecule has 2 aliphatic rings. The van der Waals surface area contributed by atoms with Crippen molar-refractivity contribution in [2.24, 2.45) is 5.41 Å². The number of amides is 1. The summed E-state index contributed by atoms with van der Waals surface area (Å²) in [6.45, 7) is 11.2. The van der Waals surface area contributed by atoms with E-state index >= 15 is 0 Å². The third-order valence-corrected chi connectivity index (χ3v) is 5.88. The fraction of sp³-hybridized carbons (Fsp3) is 0.667. The number of carbonyl (C=O) groups excluding carboxylic acids is 1. The lowest BCUT2D eigenvalue weighted by molar-refractivity contribution is -0.133. The summed E-state index contributed by atoms with van der Waals surface area (Å²) in [5.41, 5.74) is 1.63. The summed E-state index contributed by atoms with van der Waals surface area (Å²) in [7, 11) is 0. The van der Waals surface area contributed by atoms with Crippen molar-refractivity contribution in [3.8, 4) is 0 Å². The largest absolute Gasteiger partial charge is 0.381 e. The van der Waals surface area contributed by atoms with Gasteiger partial charge in [-0.25, -0.2) is 0 Å². The molecule has 2 heterocycles. The highest BCUT2D eigenvalue weighted by molar-refractivity contribution is 5.77. The van der Waals surface area contributed by atoms with E-state index in [1.165, 1.54) is 5.56 Å². The van der Waals surface area contributed by atoms with E-state index in [2.05, 4.69) is 35.8 Å². The number of carbonyl (C=O) groups is 1. The molecule has 1 aromatic carbocycles. The summed E-state index contributed by atoms with van der Waals surface area (Å²) in [5.74, 6) is 0.584. The van der Waals surface area contributed by atoms with Crippen LogP contribution in [0.5, 0.6) is 0 Å². The van der Waals surface area contributed by atoms with Crippen LogP contribution >= 0.6 is 0 Å². The molecule has 1 aromatic rings. The van der Waals surface area contributed by atoms with Crippen LogP contribution in [0, 0.1) is 5.41 Å². The first kappa shape index (κ1) is 18.4. The number of ether oxygens (including phenoxy) is 1. The smallest absolute Gasteiger partial charge is 0.223 e. The molecule has 0 aromatic heterocycles. The van der Waals surface area contributed by atoms with E-state index in [4.69, 9.17) is 4.74 Å². The molecule has 4 heteroatoms. The maximum atomic E-state index is 12.6. The Morgan fingerprint density at radius 2 is 1.76 bits per heavy atom. The Morgan fingerprint density at radius 1 is 1.12 bits per heavy atom. The second-order valence-corrected chi connectivity index (χ2v) is 8.10. The van der Waals surface area contributed by atoms with Crippen molar-refractivity contribution in [1.82, 2.24) is 9.80 Å². The van der Waals surface area contributed by atoms with Gasteiger partial charge in [-0.3, -0.25) is 9.69 Å². The standard InChI is InChI=1S/C21H32N2O2/c1-18(19-6-4-3-5-7-19)16-20(24)23-12-10-22(11-13-23)17-21(2)8-14-25-15-9-21/h3-7,18H,8-17H2,1-2H3. The Hall–Kier alpha value is -1.39. The van der Waals surface area contributed by atoms with Crippen LogP contribution < -0.4 is 0 Å². The van der Waals surface area contributed by atoms with E-state index in [0.717, 1.165) is 58.8 Å². The highest BCUT2D eigenvalue weighted by Crippen LogP contribution is 2.31. The molecule has 1 unspecified atom stereocenters. The van der Waals surface area contributed by atoms with Gasteiger partial charge in [0.1, 0.15) is 0 Å². The zero-order valence-corrected chi connectivity index (χ0v) is 15.7. The molecule has 2 saturated heterocycles. The Labute approximate surface area is 152 Å². The lowest BCUT2D eigenvalue weighted by atomic mass is 9.82. The molecule has 0 saturated carbocycles. The molecule has 4 nitrogen and oxygen atoms in total. The normalized spacial score (nSPS) is 22.6. The van der Waals surface area contributed by atoms with E-state index in [1.54, 1.807) is 0 Å². The zero-order valence-electron chi connectivity index (χ0n) is 15.7. The minimum Gasteiger partial charge on any atom is -0.381 e. The lowest BCUT2D eigenvalue weighted by Gasteiger charge is -2.42. The molecule has 2 aliphatic heterocycles. The van der Waals surface area contributed by atoms with Crippen LogP contribution in [0.3, 0.4) is 0 Å². The molecule has 0 aliphatic carbocycles. The van der Waals surface area contributed by atoms with Gasteiger partial charge in [0.2, 0.25) is 5.91 Å². The summed E-state index contributed by atoms with van der Waals surface area (Å²) in [6.07, 6.45) is 2.92. The average molecular weight is 344 g/mol. The number of hydrogen-bond donors (Lipinski definition) is 0. The molecule has 138 valence electrons. The van der Waals surface area contributed by atoms with Gasteiger partial charge in [-0.2, -0.15) is 0 Å². The van der Waals surface area contributed by atoms with E-state index < -0.39 is 0 Å². The predicted octanol–water partition coefficient (Wildman–Crippen LogP) is 3.14. The monoisotopic (exact) mass is 344 g/mol. The molecule has 1 atom stereocenters. The number of benzene rings is 1. The van der Waals surface area contributed by atoms with Crippen molar-refractivity contribution in [3.63, 3.8) is 0 Å². The van der Waals surface area contributed by atoms with Crippen LogP contribution in [0.4, 0.5) is 0 Å². The van der Waals surface area contributed by atoms with E-state index in [-0.39, 0.29) is 5.92 Å². The van der Waals surface area contributed by atoms with E-state index in [9.17, 15) is 4.79 Å². The fourth-order valence-electron chi connectivity index (χ4n) is 4.01. The SMILES string of the molecule is CC(CC(=O)N1CCN(CC2(C)CCOCC2)CC1)c1ccccc1.